The number of Topliss-reactive ketones (excluding diaryl/α,β-unsaturated/α-hetero) is 1. The van der Waals surface area contributed by atoms with Crippen molar-refractivity contribution in [1.82, 2.24) is 0 Å². The highest BCUT2D eigenvalue weighted by atomic mass is 16.3. The van der Waals surface area contributed by atoms with E-state index in [1.54, 1.807) is 0 Å². The molecule has 1 aromatic carbocycles. The maximum absolute atomic E-state index is 11.9. The van der Waals surface area contributed by atoms with Gasteiger partial charge in [-0.3, -0.25) is 4.79 Å². The molecule has 0 aromatic heterocycles. The number of hydrogen-bond donors (Lipinski definition) is 3. The molecule has 18 heavy (non-hydrogen) atoms. The standard InChI is InChI=1S/C14H20O4/c1-3-4-5-6-7-10(15)13-12(17)8-11(16)9(2)14(13)18/h8,16-18H,3-7H2,1-2H3. The monoisotopic (exact) mass is 252 g/mol. The molecule has 0 unspecified atom stereocenters. The molecule has 0 radical (unpaired) electrons. The molecule has 0 aliphatic heterocycles. The molecule has 4 nitrogen and oxygen atoms in total. The van der Waals surface area contributed by atoms with Crippen LogP contribution in [0.3, 0.4) is 0 Å². The van der Waals surface area contributed by atoms with Crippen molar-refractivity contribution in [3.63, 3.8) is 0 Å². The molecule has 0 aliphatic rings. The summed E-state index contributed by atoms with van der Waals surface area (Å²) in [6.07, 6.45) is 4.15. The van der Waals surface area contributed by atoms with Gasteiger partial charge in [-0.15, -0.1) is 0 Å². The number of phenols is 3. The molecule has 0 fully saturated rings. The van der Waals surface area contributed by atoms with Crippen molar-refractivity contribution in [2.75, 3.05) is 0 Å². The first-order valence-corrected chi connectivity index (χ1v) is 6.26. The Balaban J connectivity index is 2.83. The van der Waals surface area contributed by atoms with E-state index in [2.05, 4.69) is 6.92 Å². The lowest BCUT2D eigenvalue weighted by Gasteiger charge is -2.10. The molecule has 4 heteroatoms. The Morgan fingerprint density at radius 1 is 1.11 bits per heavy atom. The SMILES string of the molecule is CCCCCCC(=O)c1c(O)cc(O)c(C)c1O. The maximum atomic E-state index is 11.9. The van der Waals surface area contributed by atoms with E-state index in [1.807, 2.05) is 0 Å². The van der Waals surface area contributed by atoms with Crippen LogP contribution >= 0.6 is 0 Å². The lowest BCUT2D eigenvalue weighted by molar-refractivity contribution is 0.0973. The smallest absolute Gasteiger partial charge is 0.170 e. The molecule has 3 N–H and O–H groups in total. The first-order valence-electron chi connectivity index (χ1n) is 6.26. The minimum Gasteiger partial charge on any atom is -0.507 e. The van der Waals surface area contributed by atoms with E-state index < -0.39 is 0 Å². The highest BCUT2D eigenvalue weighted by molar-refractivity contribution is 6.01. The van der Waals surface area contributed by atoms with Crippen LogP contribution in [0.15, 0.2) is 6.07 Å². The molecule has 0 spiro atoms. The van der Waals surface area contributed by atoms with E-state index in [4.69, 9.17) is 0 Å². The van der Waals surface area contributed by atoms with Gasteiger partial charge < -0.3 is 15.3 Å². The fraction of sp³-hybridized carbons (Fsp3) is 0.500. The number of rotatable bonds is 6. The van der Waals surface area contributed by atoms with Crippen molar-refractivity contribution in [2.45, 2.75) is 46.0 Å². The minimum absolute atomic E-state index is 0.0817. The summed E-state index contributed by atoms with van der Waals surface area (Å²) in [6.45, 7) is 3.58. The average molecular weight is 252 g/mol. The number of aromatic hydroxyl groups is 3. The Morgan fingerprint density at radius 3 is 2.39 bits per heavy atom. The summed E-state index contributed by atoms with van der Waals surface area (Å²) < 4.78 is 0. The molecule has 0 aliphatic carbocycles. The van der Waals surface area contributed by atoms with Gasteiger partial charge in [-0.1, -0.05) is 26.2 Å². The summed E-state index contributed by atoms with van der Waals surface area (Å²) in [7, 11) is 0. The summed E-state index contributed by atoms with van der Waals surface area (Å²) in [5.74, 6) is -1.19. The zero-order chi connectivity index (χ0) is 13.7. The summed E-state index contributed by atoms with van der Waals surface area (Å²) >= 11 is 0. The zero-order valence-corrected chi connectivity index (χ0v) is 10.9. The second kappa shape index (κ2) is 6.28. The third-order valence-corrected chi connectivity index (χ3v) is 3.04. The lowest BCUT2D eigenvalue weighted by atomic mass is 9.99. The van der Waals surface area contributed by atoms with Gasteiger partial charge in [0, 0.05) is 18.1 Å². The Bertz CT molecular complexity index is 438. The molecule has 1 aromatic rings. The van der Waals surface area contributed by atoms with E-state index in [-0.39, 0.29) is 34.2 Å². The highest BCUT2D eigenvalue weighted by Gasteiger charge is 2.20. The number of hydrogen-bond acceptors (Lipinski definition) is 4. The third kappa shape index (κ3) is 3.15. The van der Waals surface area contributed by atoms with Crippen LogP contribution in [0.2, 0.25) is 0 Å². The van der Waals surface area contributed by atoms with Crippen LogP contribution in [0.1, 0.15) is 54.9 Å². The van der Waals surface area contributed by atoms with Gasteiger partial charge in [-0.25, -0.2) is 0 Å². The van der Waals surface area contributed by atoms with E-state index in [9.17, 15) is 20.1 Å². The second-order valence-corrected chi connectivity index (χ2v) is 4.50. The van der Waals surface area contributed by atoms with Crippen LogP contribution < -0.4 is 0 Å². The van der Waals surface area contributed by atoms with Gasteiger partial charge in [0.25, 0.3) is 0 Å². The average Bonchev–Trinajstić information content (AvgIpc) is 2.32. The van der Waals surface area contributed by atoms with E-state index in [0.717, 1.165) is 31.7 Å². The first kappa shape index (κ1) is 14.4. The summed E-state index contributed by atoms with van der Waals surface area (Å²) in [5.41, 5.74) is 0.131. The topological polar surface area (TPSA) is 77.8 Å². The molecule has 0 atom stereocenters. The van der Waals surface area contributed by atoms with Gasteiger partial charge in [0.1, 0.15) is 22.8 Å². The Hall–Kier alpha value is -1.71. The minimum atomic E-state index is -0.365. The van der Waals surface area contributed by atoms with Crippen molar-refractivity contribution in [1.29, 1.82) is 0 Å². The Labute approximate surface area is 107 Å². The van der Waals surface area contributed by atoms with Gasteiger partial charge in [-0.05, 0) is 13.3 Å². The number of carbonyl (C=O) groups is 1. The molecule has 0 heterocycles. The number of phenolic OH excluding ortho intramolecular Hbond substituents is 3. The molecular weight excluding hydrogens is 232 g/mol. The molecule has 0 saturated heterocycles. The van der Waals surface area contributed by atoms with Gasteiger partial charge in [0.05, 0.1) is 0 Å². The highest BCUT2D eigenvalue weighted by Crippen LogP contribution is 2.37. The molecule has 0 saturated carbocycles. The molecule has 1 rings (SSSR count). The van der Waals surface area contributed by atoms with Gasteiger partial charge in [-0.2, -0.15) is 0 Å². The number of ketones is 1. The molecule has 0 bridgehead atoms. The van der Waals surface area contributed by atoms with Crippen LogP contribution in [0, 0.1) is 6.92 Å². The van der Waals surface area contributed by atoms with Crippen LogP contribution in [0.25, 0.3) is 0 Å². The predicted molar refractivity (Wildman–Crippen MR) is 69.3 cm³/mol. The van der Waals surface area contributed by atoms with Crippen molar-refractivity contribution >= 4 is 5.78 Å². The van der Waals surface area contributed by atoms with Gasteiger partial charge in [0.2, 0.25) is 0 Å². The van der Waals surface area contributed by atoms with Crippen molar-refractivity contribution < 1.29 is 20.1 Å². The summed E-state index contributed by atoms with van der Waals surface area (Å²) in [6, 6.07) is 1.09. The number of carbonyl (C=O) groups excluding carboxylic acids is 1. The Kier molecular flexibility index (Phi) is 5.01. The lowest BCUT2D eigenvalue weighted by Crippen LogP contribution is -2.01. The van der Waals surface area contributed by atoms with Crippen molar-refractivity contribution in [2.24, 2.45) is 0 Å². The fourth-order valence-electron chi connectivity index (χ4n) is 1.85. The fourth-order valence-corrected chi connectivity index (χ4v) is 1.85. The summed E-state index contributed by atoms with van der Waals surface area (Å²) in [4.78, 5) is 11.9. The molecular formula is C14H20O4. The van der Waals surface area contributed by atoms with E-state index in [0.29, 0.717) is 6.42 Å². The Morgan fingerprint density at radius 2 is 1.78 bits per heavy atom. The van der Waals surface area contributed by atoms with Gasteiger partial charge >= 0.3 is 0 Å². The third-order valence-electron chi connectivity index (χ3n) is 3.04. The predicted octanol–water partition coefficient (Wildman–Crippen LogP) is 3.26. The van der Waals surface area contributed by atoms with Crippen LogP contribution in [-0.2, 0) is 0 Å². The maximum Gasteiger partial charge on any atom is 0.170 e. The second-order valence-electron chi connectivity index (χ2n) is 4.50. The summed E-state index contributed by atoms with van der Waals surface area (Å²) in [5, 5.41) is 28.8. The van der Waals surface area contributed by atoms with Crippen molar-refractivity contribution in [3.8, 4) is 17.2 Å². The van der Waals surface area contributed by atoms with E-state index in [1.165, 1.54) is 6.92 Å². The zero-order valence-electron chi connectivity index (χ0n) is 10.9. The van der Waals surface area contributed by atoms with Crippen LogP contribution in [-0.4, -0.2) is 21.1 Å². The molecule has 100 valence electrons. The number of unbranched alkanes of at least 4 members (excludes halogenated alkanes) is 3. The van der Waals surface area contributed by atoms with E-state index >= 15 is 0 Å². The largest absolute Gasteiger partial charge is 0.507 e. The van der Waals surface area contributed by atoms with Crippen molar-refractivity contribution in [3.05, 3.63) is 17.2 Å². The van der Waals surface area contributed by atoms with Crippen LogP contribution in [0.4, 0.5) is 0 Å². The molecule has 0 amide bonds. The quantitative estimate of drug-likeness (QED) is 0.536. The van der Waals surface area contributed by atoms with Gasteiger partial charge in [0.15, 0.2) is 5.78 Å². The van der Waals surface area contributed by atoms with Crippen LogP contribution in [0.5, 0.6) is 17.2 Å². The first-order chi connectivity index (χ1) is 8.49. The normalized spacial score (nSPS) is 10.6. The number of benzene rings is 1.